The SMILES string of the molecule is CCCC(CC)NC(=O)c1cc(C#CCCO)ccc1C. The van der Waals surface area contributed by atoms with E-state index in [1.807, 2.05) is 25.1 Å². The Hall–Kier alpha value is -1.79. The van der Waals surface area contributed by atoms with Crippen LogP contribution < -0.4 is 5.32 Å². The van der Waals surface area contributed by atoms with Crippen molar-refractivity contribution in [3.8, 4) is 11.8 Å². The average molecular weight is 287 g/mol. The first-order chi connectivity index (χ1) is 10.1. The third-order valence-corrected chi connectivity index (χ3v) is 3.42. The van der Waals surface area contributed by atoms with E-state index in [1.165, 1.54) is 0 Å². The number of nitrogens with one attached hydrogen (secondary N) is 1. The average Bonchev–Trinajstić information content (AvgIpc) is 2.48. The molecular formula is C18H25NO2. The lowest BCUT2D eigenvalue weighted by molar-refractivity contribution is 0.0933. The number of amides is 1. The Morgan fingerprint density at radius 3 is 2.76 bits per heavy atom. The second-order valence-electron chi connectivity index (χ2n) is 5.17. The Labute approximate surface area is 127 Å². The van der Waals surface area contributed by atoms with Crippen molar-refractivity contribution in [1.82, 2.24) is 5.32 Å². The molecule has 1 unspecified atom stereocenters. The molecule has 0 heterocycles. The van der Waals surface area contributed by atoms with Crippen molar-refractivity contribution in [1.29, 1.82) is 0 Å². The van der Waals surface area contributed by atoms with E-state index in [2.05, 4.69) is 31.0 Å². The van der Waals surface area contributed by atoms with E-state index >= 15 is 0 Å². The van der Waals surface area contributed by atoms with Crippen LogP contribution in [0.1, 0.15) is 61.0 Å². The molecule has 0 saturated heterocycles. The van der Waals surface area contributed by atoms with Crippen LogP contribution in [0.25, 0.3) is 0 Å². The summed E-state index contributed by atoms with van der Waals surface area (Å²) >= 11 is 0. The summed E-state index contributed by atoms with van der Waals surface area (Å²) in [6, 6.07) is 5.87. The summed E-state index contributed by atoms with van der Waals surface area (Å²) in [6.07, 6.45) is 3.44. The normalized spacial score (nSPS) is 11.4. The highest BCUT2D eigenvalue weighted by atomic mass is 16.2. The highest BCUT2D eigenvalue weighted by Gasteiger charge is 2.13. The predicted octanol–water partition coefficient (Wildman–Crippen LogP) is 3.04. The summed E-state index contributed by atoms with van der Waals surface area (Å²) in [5.74, 6) is 5.82. The predicted molar refractivity (Wildman–Crippen MR) is 86.2 cm³/mol. The molecule has 0 aromatic heterocycles. The van der Waals surface area contributed by atoms with Crippen LogP contribution in [0.5, 0.6) is 0 Å². The Morgan fingerprint density at radius 1 is 1.38 bits per heavy atom. The van der Waals surface area contributed by atoms with Crippen LogP contribution in [-0.4, -0.2) is 23.7 Å². The minimum absolute atomic E-state index is 0.0291. The first-order valence-electron chi connectivity index (χ1n) is 7.63. The maximum absolute atomic E-state index is 12.4. The van der Waals surface area contributed by atoms with Gasteiger partial charge in [0.1, 0.15) is 0 Å². The van der Waals surface area contributed by atoms with Crippen LogP contribution in [0.3, 0.4) is 0 Å². The van der Waals surface area contributed by atoms with E-state index in [-0.39, 0.29) is 18.6 Å². The maximum Gasteiger partial charge on any atom is 0.251 e. The summed E-state index contributed by atoms with van der Waals surface area (Å²) in [6.45, 7) is 6.20. The number of aryl methyl sites for hydroxylation is 1. The maximum atomic E-state index is 12.4. The molecule has 114 valence electrons. The van der Waals surface area contributed by atoms with Crippen LogP contribution in [-0.2, 0) is 0 Å². The zero-order valence-corrected chi connectivity index (χ0v) is 13.2. The summed E-state index contributed by atoms with van der Waals surface area (Å²) in [4.78, 5) is 12.4. The number of aliphatic hydroxyl groups is 1. The number of hydrogen-bond acceptors (Lipinski definition) is 2. The van der Waals surface area contributed by atoms with Crippen LogP contribution in [0, 0.1) is 18.8 Å². The molecule has 1 atom stereocenters. The van der Waals surface area contributed by atoms with Crippen molar-refractivity contribution in [2.75, 3.05) is 6.61 Å². The lowest BCUT2D eigenvalue weighted by Crippen LogP contribution is -2.34. The number of carbonyl (C=O) groups is 1. The molecule has 3 nitrogen and oxygen atoms in total. The molecule has 0 bridgehead atoms. The molecule has 0 saturated carbocycles. The fraction of sp³-hybridized carbons (Fsp3) is 0.500. The van der Waals surface area contributed by atoms with Crippen LogP contribution >= 0.6 is 0 Å². The zero-order chi connectivity index (χ0) is 15.7. The molecule has 1 amide bonds. The van der Waals surface area contributed by atoms with Gasteiger partial charge < -0.3 is 10.4 Å². The van der Waals surface area contributed by atoms with E-state index in [9.17, 15) is 4.79 Å². The Morgan fingerprint density at radius 2 is 2.14 bits per heavy atom. The molecule has 0 aliphatic rings. The van der Waals surface area contributed by atoms with Crippen molar-refractivity contribution in [3.05, 3.63) is 34.9 Å². The number of rotatable bonds is 6. The summed E-state index contributed by atoms with van der Waals surface area (Å²) < 4.78 is 0. The third-order valence-electron chi connectivity index (χ3n) is 3.42. The quantitative estimate of drug-likeness (QED) is 0.790. The summed E-state index contributed by atoms with van der Waals surface area (Å²) in [5.41, 5.74) is 2.44. The second-order valence-corrected chi connectivity index (χ2v) is 5.17. The van der Waals surface area contributed by atoms with Gasteiger partial charge in [-0.25, -0.2) is 0 Å². The fourth-order valence-corrected chi connectivity index (χ4v) is 2.15. The van der Waals surface area contributed by atoms with Gasteiger partial charge >= 0.3 is 0 Å². The van der Waals surface area contributed by atoms with Gasteiger partial charge in [0.25, 0.3) is 5.91 Å². The van der Waals surface area contributed by atoms with E-state index in [1.54, 1.807) is 0 Å². The highest BCUT2D eigenvalue weighted by molar-refractivity contribution is 5.96. The van der Waals surface area contributed by atoms with Gasteiger partial charge in [0.05, 0.1) is 6.61 Å². The minimum atomic E-state index is -0.0291. The van der Waals surface area contributed by atoms with Gasteiger partial charge in [-0.15, -0.1) is 0 Å². The van der Waals surface area contributed by atoms with Gasteiger partial charge in [-0.1, -0.05) is 38.2 Å². The summed E-state index contributed by atoms with van der Waals surface area (Å²) in [7, 11) is 0. The lowest BCUT2D eigenvalue weighted by Gasteiger charge is -2.17. The molecule has 0 aliphatic heterocycles. The molecule has 0 fully saturated rings. The molecule has 3 heteroatoms. The second kappa shape index (κ2) is 9.20. The largest absolute Gasteiger partial charge is 0.395 e. The fourth-order valence-electron chi connectivity index (χ4n) is 2.15. The molecule has 2 N–H and O–H groups in total. The number of hydrogen-bond donors (Lipinski definition) is 2. The first kappa shape index (κ1) is 17.3. The molecule has 0 spiro atoms. The van der Waals surface area contributed by atoms with Gasteiger partial charge in [0.15, 0.2) is 0 Å². The van der Waals surface area contributed by atoms with E-state index in [0.717, 1.165) is 30.4 Å². The van der Waals surface area contributed by atoms with Gasteiger partial charge in [-0.3, -0.25) is 4.79 Å². The number of carbonyl (C=O) groups excluding carboxylic acids is 1. The number of benzene rings is 1. The van der Waals surface area contributed by atoms with Crippen LogP contribution in [0.2, 0.25) is 0 Å². The highest BCUT2D eigenvalue weighted by Crippen LogP contribution is 2.12. The summed E-state index contributed by atoms with van der Waals surface area (Å²) in [5, 5.41) is 11.8. The van der Waals surface area contributed by atoms with Gasteiger partial charge in [0, 0.05) is 23.6 Å². The standard InChI is InChI=1S/C18H25NO2/c1-4-8-16(5-2)19-18(21)17-13-15(9-6-7-12-20)11-10-14(17)3/h10-11,13,16,20H,4-5,7-8,12H2,1-3H3,(H,19,21). The molecule has 0 aliphatic carbocycles. The molecule has 1 aromatic carbocycles. The van der Waals surface area contributed by atoms with E-state index in [0.29, 0.717) is 12.0 Å². The van der Waals surface area contributed by atoms with Crippen molar-refractivity contribution < 1.29 is 9.90 Å². The van der Waals surface area contributed by atoms with Gasteiger partial charge in [-0.05, 0) is 37.5 Å². The lowest BCUT2D eigenvalue weighted by atomic mass is 10.0. The third kappa shape index (κ3) is 5.61. The smallest absolute Gasteiger partial charge is 0.251 e. The monoisotopic (exact) mass is 287 g/mol. The number of aliphatic hydroxyl groups excluding tert-OH is 1. The van der Waals surface area contributed by atoms with Gasteiger partial charge in [-0.2, -0.15) is 0 Å². The van der Waals surface area contributed by atoms with Crippen molar-refractivity contribution in [3.63, 3.8) is 0 Å². The molecule has 1 aromatic rings. The molecule has 1 rings (SSSR count). The zero-order valence-electron chi connectivity index (χ0n) is 13.2. The van der Waals surface area contributed by atoms with Crippen LogP contribution in [0.4, 0.5) is 0 Å². The minimum Gasteiger partial charge on any atom is -0.395 e. The first-order valence-corrected chi connectivity index (χ1v) is 7.63. The van der Waals surface area contributed by atoms with Crippen molar-refractivity contribution >= 4 is 5.91 Å². The topological polar surface area (TPSA) is 49.3 Å². The van der Waals surface area contributed by atoms with Crippen molar-refractivity contribution in [2.24, 2.45) is 0 Å². The van der Waals surface area contributed by atoms with E-state index in [4.69, 9.17) is 5.11 Å². The Kier molecular flexibility index (Phi) is 7.56. The molecule has 0 radical (unpaired) electrons. The molecule has 21 heavy (non-hydrogen) atoms. The van der Waals surface area contributed by atoms with Crippen LogP contribution in [0.15, 0.2) is 18.2 Å². The Balaban J connectivity index is 2.88. The van der Waals surface area contributed by atoms with E-state index < -0.39 is 0 Å². The Bertz CT molecular complexity index is 526. The molecular weight excluding hydrogens is 262 g/mol. The van der Waals surface area contributed by atoms with Gasteiger partial charge in [0.2, 0.25) is 0 Å². The van der Waals surface area contributed by atoms with Crippen molar-refractivity contribution in [2.45, 2.75) is 52.5 Å².